The Morgan fingerprint density at radius 3 is 3.00 bits per heavy atom. The van der Waals surface area contributed by atoms with Crippen molar-refractivity contribution in [3.8, 4) is 5.75 Å². The van der Waals surface area contributed by atoms with Crippen molar-refractivity contribution >= 4 is 17.5 Å². The van der Waals surface area contributed by atoms with Crippen molar-refractivity contribution in [2.24, 2.45) is 0 Å². The normalized spacial score (nSPS) is 15.4. The molecule has 0 N–H and O–H groups in total. The topological polar surface area (TPSA) is 29.5 Å². The monoisotopic (exact) mass is 243 g/mol. The van der Waals surface area contributed by atoms with Gasteiger partial charge >= 0.3 is 0 Å². The average Bonchev–Trinajstić information content (AvgIpc) is 2.44. The summed E-state index contributed by atoms with van der Waals surface area (Å²) >= 11 is 5.77. The van der Waals surface area contributed by atoms with E-state index in [-0.39, 0.29) is 16.7 Å². The maximum atomic E-state index is 13.2. The number of carbonyl (C=O) groups is 1. The Morgan fingerprint density at radius 1 is 1.56 bits per heavy atom. The summed E-state index contributed by atoms with van der Waals surface area (Å²) in [6.07, 6.45) is 0. The van der Waals surface area contributed by atoms with Gasteiger partial charge in [-0.15, -0.1) is 0 Å². The van der Waals surface area contributed by atoms with Gasteiger partial charge in [0.1, 0.15) is 17.4 Å². The van der Waals surface area contributed by atoms with E-state index in [1.165, 1.54) is 12.1 Å². The second kappa shape index (κ2) is 4.29. The molecule has 0 aliphatic carbocycles. The number of carbonyl (C=O) groups excluding carboxylic acids is 1. The van der Waals surface area contributed by atoms with Crippen LogP contribution in [0.25, 0.3) is 0 Å². The number of nitrogens with zero attached hydrogens (tertiary/aromatic N) is 1. The Hall–Kier alpha value is -1.29. The fourth-order valence-electron chi connectivity index (χ4n) is 1.67. The summed E-state index contributed by atoms with van der Waals surface area (Å²) in [6.45, 7) is 3.29. The molecule has 1 aliphatic heterocycles. The molecule has 0 unspecified atom stereocenters. The molecule has 3 nitrogen and oxygen atoms in total. The first-order chi connectivity index (χ1) is 7.65. The van der Waals surface area contributed by atoms with Crippen LogP contribution in [0, 0.1) is 5.82 Å². The molecule has 0 saturated carbocycles. The SMILES string of the molecule is CCN1CCOc2c(ccc(F)c2Cl)C1=O. The zero-order valence-electron chi connectivity index (χ0n) is 8.80. The molecule has 0 atom stereocenters. The van der Waals surface area contributed by atoms with E-state index < -0.39 is 5.82 Å². The second-order valence-electron chi connectivity index (χ2n) is 3.47. The van der Waals surface area contributed by atoms with Crippen molar-refractivity contribution in [3.05, 3.63) is 28.5 Å². The van der Waals surface area contributed by atoms with Gasteiger partial charge in [-0.05, 0) is 19.1 Å². The van der Waals surface area contributed by atoms with Crippen molar-refractivity contribution in [1.29, 1.82) is 0 Å². The van der Waals surface area contributed by atoms with Gasteiger partial charge in [0.15, 0.2) is 5.75 Å². The fraction of sp³-hybridized carbons (Fsp3) is 0.364. The second-order valence-corrected chi connectivity index (χ2v) is 3.85. The Bertz CT molecular complexity index is 436. The van der Waals surface area contributed by atoms with E-state index in [0.717, 1.165) is 0 Å². The summed E-state index contributed by atoms with van der Waals surface area (Å²) in [4.78, 5) is 13.6. The highest BCUT2D eigenvalue weighted by atomic mass is 35.5. The van der Waals surface area contributed by atoms with Crippen LogP contribution in [0.4, 0.5) is 4.39 Å². The molecule has 16 heavy (non-hydrogen) atoms. The first-order valence-corrected chi connectivity index (χ1v) is 5.43. The molecule has 0 bridgehead atoms. The largest absolute Gasteiger partial charge is 0.489 e. The molecule has 86 valence electrons. The summed E-state index contributed by atoms with van der Waals surface area (Å²) in [5.74, 6) is -0.585. The van der Waals surface area contributed by atoms with Gasteiger partial charge in [0, 0.05) is 6.54 Å². The Balaban J connectivity index is 2.52. The smallest absolute Gasteiger partial charge is 0.257 e. The lowest BCUT2D eigenvalue weighted by molar-refractivity contribution is 0.0765. The van der Waals surface area contributed by atoms with Gasteiger partial charge < -0.3 is 9.64 Å². The van der Waals surface area contributed by atoms with Crippen LogP contribution in [-0.4, -0.2) is 30.5 Å². The number of hydrogen-bond donors (Lipinski definition) is 0. The number of halogens is 2. The van der Waals surface area contributed by atoms with Gasteiger partial charge in [-0.3, -0.25) is 4.79 Å². The molecular formula is C11H11ClFNO2. The fourth-order valence-corrected chi connectivity index (χ4v) is 1.89. The van der Waals surface area contributed by atoms with Gasteiger partial charge in [0.2, 0.25) is 0 Å². The van der Waals surface area contributed by atoms with E-state index in [0.29, 0.717) is 25.3 Å². The van der Waals surface area contributed by atoms with Gasteiger partial charge in [0.05, 0.1) is 12.1 Å². The van der Waals surface area contributed by atoms with Crippen molar-refractivity contribution in [3.63, 3.8) is 0 Å². The molecule has 0 spiro atoms. The molecule has 1 aliphatic rings. The van der Waals surface area contributed by atoms with Crippen LogP contribution < -0.4 is 4.74 Å². The lowest BCUT2D eigenvalue weighted by Crippen LogP contribution is -2.31. The number of rotatable bonds is 1. The Labute approximate surface area is 97.8 Å². The predicted molar refractivity (Wildman–Crippen MR) is 58.5 cm³/mol. The van der Waals surface area contributed by atoms with Crippen LogP contribution in [0.15, 0.2) is 12.1 Å². The maximum Gasteiger partial charge on any atom is 0.257 e. The summed E-state index contributed by atoms with van der Waals surface area (Å²) in [5, 5.41) is -0.121. The quantitative estimate of drug-likeness (QED) is 0.758. The van der Waals surface area contributed by atoms with Crippen molar-refractivity contribution in [2.75, 3.05) is 19.7 Å². The minimum Gasteiger partial charge on any atom is -0.489 e. The summed E-state index contributed by atoms with van der Waals surface area (Å²) < 4.78 is 18.5. The van der Waals surface area contributed by atoms with E-state index in [9.17, 15) is 9.18 Å². The van der Waals surface area contributed by atoms with Crippen molar-refractivity contribution in [1.82, 2.24) is 4.90 Å². The third-order valence-corrected chi connectivity index (χ3v) is 2.91. The lowest BCUT2D eigenvalue weighted by Gasteiger charge is -2.16. The third kappa shape index (κ3) is 1.73. The molecular weight excluding hydrogens is 233 g/mol. The number of likely N-dealkylation sites (N-methyl/N-ethyl adjacent to an activating group) is 1. The van der Waals surface area contributed by atoms with Crippen molar-refractivity contribution < 1.29 is 13.9 Å². The molecule has 0 radical (unpaired) electrons. The molecule has 1 aromatic carbocycles. The van der Waals surface area contributed by atoms with Crippen LogP contribution in [0.5, 0.6) is 5.75 Å². The predicted octanol–water partition coefficient (Wildman–Crippen LogP) is 2.33. The molecule has 2 rings (SSSR count). The molecule has 1 amide bonds. The van der Waals surface area contributed by atoms with Crippen molar-refractivity contribution in [2.45, 2.75) is 6.92 Å². The van der Waals surface area contributed by atoms with E-state index in [2.05, 4.69) is 0 Å². The number of ether oxygens (including phenoxy) is 1. The van der Waals surface area contributed by atoms with Gasteiger partial charge in [-0.25, -0.2) is 4.39 Å². The van der Waals surface area contributed by atoms with Gasteiger partial charge in [-0.1, -0.05) is 11.6 Å². The standard InChI is InChI=1S/C11H11ClFNO2/c1-2-14-5-6-16-10-7(11(14)15)3-4-8(13)9(10)12/h3-4H,2,5-6H2,1H3. The molecule has 0 aromatic heterocycles. The highest BCUT2D eigenvalue weighted by molar-refractivity contribution is 6.32. The zero-order chi connectivity index (χ0) is 11.7. The maximum absolute atomic E-state index is 13.2. The molecule has 1 heterocycles. The number of hydrogen-bond acceptors (Lipinski definition) is 2. The van der Waals surface area contributed by atoms with E-state index in [1.54, 1.807) is 4.90 Å². The minimum absolute atomic E-state index is 0.121. The number of fused-ring (bicyclic) bond motifs is 1. The molecule has 5 heteroatoms. The highest BCUT2D eigenvalue weighted by Crippen LogP contribution is 2.33. The molecule has 0 fully saturated rings. The average molecular weight is 244 g/mol. The summed E-state index contributed by atoms with van der Waals surface area (Å²) in [7, 11) is 0. The van der Waals surface area contributed by atoms with Crippen LogP contribution in [0.1, 0.15) is 17.3 Å². The van der Waals surface area contributed by atoms with Crippen LogP contribution >= 0.6 is 11.6 Å². The van der Waals surface area contributed by atoms with E-state index in [4.69, 9.17) is 16.3 Å². The zero-order valence-corrected chi connectivity index (χ0v) is 9.55. The highest BCUT2D eigenvalue weighted by Gasteiger charge is 2.25. The third-order valence-electron chi connectivity index (χ3n) is 2.56. The molecule has 0 saturated heterocycles. The first-order valence-electron chi connectivity index (χ1n) is 5.05. The Morgan fingerprint density at radius 2 is 2.31 bits per heavy atom. The molecule has 1 aromatic rings. The number of amides is 1. The summed E-state index contributed by atoms with van der Waals surface area (Å²) in [5.41, 5.74) is 0.325. The van der Waals surface area contributed by atoms with Gasteiger partial charge in [-0.2, -0.15) is 0 Å². The minimum atomic E-state index is -0.571. The van der Waals surface area contributed by atoms with Crippen LogP contribution in [0.3, 0.4) is 0 Å². The lowest BCUT2D eigenvalue weighted by atomic mass is 10.1. The van der Waals surface area contributed by atoms with E-state index >= 15 is 0 Å². The van der Waals surface area contributed by atoms with Crippen LogP contribution in [-0.2, 0) is 0 Å². The summed E-state index contributed by atoms with van der Waals surface area (Å²) in [6, 6.07) is 2.59. The number of benzene rings is 1. The Kier molecular flexibility index (Phi) is 3.01. The first kappa shape index (κ1) is 11.2. The van der Waals surface area contributed by atoms with Crippen LogP contribution in [0.2, 0.25) is 5.02 Å². The van der Waals surface area contributed by atoms with E-state index in [1.807, 2.05) is 6.92 Å². The van der Waals surface area contributed by atoms with Gasteiger partial charge in [0.25, 0.3) is 5.91 Å².